The summed E-state index contributed by atoms with van der Waals surface area (Å²) in [4.78, 5) is 18.6. The smallest absolute Gasteiger partial charge is 0.235 e. The molecule has 0 aliphatic heterocycles. The number of rotatable bonds is 6. The number of H-pyrrole nitrogens is 1. The van der Waals surface area contributed by atoms with Crippen LogP contribution >= 0.6 is 11.8 Å². The molecule has 1 atom stereocenters. The average Bonchev–Trinajstić information content (AvgIpc) is 3.10. The molecule has 0 radical (unpaired) electrons. The lowest BCUT2D eigenvalue weighted by molar-refractivity contribution is -0.129. The third-order valence-electron chi connectivity index (χ3n) is 4.10. The van der Waals surface area contributed by atoms with Crippen LogP contribution in [0, 0.1) is 12.7 Å². The molecular weight excluding hydrogens is 363 g/mol. The van der Waals surface area contributed by atoms with Gasteiger partial charge in [0.2, 0.25) is 11.1 Å². The van der Waals surface area contributed by atoms with E-state index in [0.29, 0.717) is 17.5 Å². The lowest BCUT2D eigenvalue weighted by Crippen LogP contribution is -2.32. The topological polar surface area (TPSA) is 61.9 Å². The summed E-state index contributed by atoms with van der Waals surface area (Å²) in [7, 11) is 1.71. The highest BCUT2D eigenvalue weighted by atomic mass is 32.2. The lowest BCUT2D eigenvalue weighted by Gasteiger charge is -2.20. The number of carbonyl (C=O) groups is 1. The molecule has 0 bridgehead atoms. The van der Waals surface area contributed by atoms with Gasteiger partial charge < -0.3 is 4.90 Å². The van der Waals surface area contributed by atoms with E-state index >= 15 is 0 Å². The molecular formula is C20H21FN4OS. The van der Waals surface area contributed by atoms with Gasteiger partial charge in [0.15, 0.2) is 5.82 Å². The van der Waals surface area contributed by atoms with E-state index in [2.05, 4.69) is 15.2 Å². The van der Waals surface area contributed by atoms with E-state index < -0.39 is 0 Å². The number of hydrogen-bond acceptors (Lipinski definition) is 4. The minimum Gasteiger partial charge on any atom is -0.340 e. The summed E-state index contributed by atoms with van der Waals surface area (Å²) in [5.41, 5.74) is 2.87. The van der Waals surface area contributed by atoms with Crippen LogP contribution in [-0.4, -0.2) is 38.3 Å². The first kappa shape index (κ1) is 19.1. The first-order valence-electron chi connectivity index (χ1n) is 8.58. The van der Waals surface area contributed by atoms with Gasteiger partial charge in [-0.25, -0.2) is 9.37 Å². The molecule has 7 heteroatoms. The second kappa shape index (κ2) is 8.35. The first-order valence-corrected chi connectivity index (χ1v) is 9.46. The van der Waals surface area contributed by atoms with Gasteiger partial charge in [-0.2, -0.15) is 0 Å². The van der Waals surface area contributed by atoms with Gasteiger partial charge in [0.05, 0.1) is 5.25 Å². The summed E-state index contributed by atoms with van der Waals surface area (Å²) < 4.78 is 13.3. The molecule has 0 saturated heterocycles. The molecule has 0 spiro atoms. The predicted octanol–water partition coefficient (Wildman–Crippen LogP) is 4.06. The van der Waals surface area contributed by atoms with Crippen molar-refractivity contribution >= 4 is 17.7 Å². The van der Waals surface area contributed by atoms with Crippen LogP contribution < -0.4 is 0 Å². The number of hydrogen-bond donors (Lipinski definition) is 1. The van der Waals surface area contributed by atoms with E-state index in [-0.39, 0.29) is 17.0 Å². The molecule has 1 heterocycles. The van der Waals surface area contributed by atoms with Gasteiger partial charge in [0.25, 0.3) is 0 Å². The molecule has 1 amide bonds. The van der Waals surface area contributed by atoms with E-state index in [1.54, 1.807) is 24.1 Å². The molecule has 3 aromatic rings. The predicted molar refractivity (Wildman–Crippen MR) is 105 cm³/mol. The lowest BCUT2D eigenvalue weighted by atomic mass is 10.1. The number of aromatic nitrogens is 3. The number of halogens is 1. The van der Waals surface area contributed by atoms with Crippen molar-refractivity contribution in [1.82, 2.24) is 20.1 Å². The average molecular weight is 384 g/mol. The Morgan fingerprint density at radius 2 is 2.00 bits per heavy atom. The fourth-order valence-electron chi connectivity index (χ4n) is 2.65. The first-order chi connectivity index (χ1) is 12.9. The second-order valence-corrected chi connectivity index (χ2v) is 7.72. The van der Waals surface area contributed by atoms with Crippen LogP contribution in [-0.2, 0) is 11.3 Å². The van der Waals surface area contributed by atoms with Crippen molar-refractivity contribution in [2.75, 3.05) is 7.05 Å². The van der Waals surface area contributed by atoms with Gasteiger partial charge >= 0.3 is 0 Å². The maximum Gasteiger partial charge on any atom is 0.235 e. The van der Waals surface area contributed by atoms with Gasteiger partial charge in [0.1, 0.15) is 5.82 Å². The Morgan fingerprint density at radius 1 is 1.26 bits per heavy atom. The monoisotopic (exact) mass is 384 g/mol. The highest BCUT2D eigenvalue weighted by Crippen LogP contribution is 2.24. The minimum absolute atomic E-state index is 0.0639. The van der Waals surface area contributed by atoms with E-state index in [0.717, 1.165) is 11.1 Å². The van der Waals surface area contributed by atoms with Crippen LogP contribution in [0.1, 0.15) is 18.1 Å². The number of thioether (sulfide) groups is 1. The summed E-state index contributed by atoms with van der Waals surface area (Å²) in [6.07, 6.45) is 0. The zero-order valence-corrected chi connectivity index (χ0v) is 16.3. The van der Waals surface area contributed by atoms with Crippen LogP contribution in [0.15, 0.2) is 53.7 Å². The number of benzene rings is 2. The van der Waals surface area contributed by atoms with E-state index in [1.807, 2.05) is 38.1 Å². The van der Waals surface area contributed by atoms with E-state index in [9.17, 15) is 9.18 Å². The van der Waals surface area contributed by atoms with Crippen molar-refractivity contribution in [3.63, 3.8) is 0 Å². The number of nitrogens with zero attached hydrogens (tertiary/aromatic N) is 3. The van der Waals surface area contributed by atoms with E-state index in [1.165, 1.54) is 29.5 Å². The third kappa shape index (κ3) is 4.95. The van der Waals surface area contributed by atoms with Crippen molar-refractivity contribution in [2.24, 2.45) is 0 Å². The molecule has 0 aliphatic carbocycles. The van der Waals surface area contributed by atoms with Crippen molar-refractivity contribution in [3.05, 3.63) is 65.5 Å². The second-order valence-electron chi connectivity index (χ2n) is 6.42. The van der Waals surface area contributed by atoms with E-state index in [4.69, 9.17) is 0 Å². The zero-order valence-electron chi connectivity index (χ0n) is 15.4. The molecule has 2 aromatic carbocycles. The number of amides is 1. The van der Waals surface area contributed by atoms with Gasteiger partial charge in [-0.15, -0.1) is 5.10 Å². The number of aromatic amines is 1. The fraction of sp³-hybridized carbons (Fsp3) is 0.250. The third-order valence-corrected chi connectivity index (χ3v) is 5.05. The Hall–Kier alpha value is -2.67. The molecule has 0 aliphatic rings. The Balaban J connectivity index is 1.61. The molecule has 3 rings (SSSR count). The summed E-state index contributed by atoms with van der Waals surface area (Å²) in [6, 6.07) is 14.2. The maximum atomic E-state index is 13.3. The van der Waals surface area contributed by atoms with Crippen molar-refractivity contribution in [2.45, 2.75) is 30.8 Å². The molecule has 5 nitrogen and oxygen atoms in total. The molecule has 1 N–H and O–H groups in total. The van der Waals surface area contributed by atoms with Crippen LogP contribution in [0.3, 0.4) is 0 Å². The summed E-state index contributed by atoms with van der Waals surface area (Å²) in [5.74, 6) is 0.302. The summed E-state index contributed by atoms with van der Waals surface area (Å²) in [5, 5.41) is 7.27. The molecule has 1 aromatic heterocycles. The van der Waals surface area contributed by atoms with Gasteiger partial charge in [-0.05, 0) is 31.5 Å². The fourth-order valence-corrected chi connectivity index (χ4v) is 3.48. The number of carbonyl (C=O) groups excluding carboxylic acids is 1. The normalized spacial score (nSPS) is 12.0. The number of nitrogens with one attached hydrogen (secondary N) is 1. The Labute approximate surface area is 162 Å². The highest BCUT2D eigenvalue weighted by molar-refractivity contribution is 8.00. The zero-order chi connectivity index (χ0) is 19.4. The van der Waals surface area contributed by atoms with Crippen molar-refractivity contribution < 1.29 is 9.18 Å². The Bertz CT molecular complexity index is 926. The number of aryl methyl sites for hydroxylation is 1. The summed E-state index contributed by atoms with van der Waals surface area (Å²) in [6.45, 7) is 4.19. The maximum absolute atomic E-state index is 13.3. The molecule has 0 fully saturated rings. The Morgan fingerprint density at radius 3 is 2.70 bits per heavy atom. The van der Waals surface area contributed by atoms with Gasteiger partial charge in [-0.1, -0.05) is 53.7 Å². The van der Waals surface area contributed by atoms with Crippen molar-refractivity contribution in [1.29, 1.82) is 0 Å². The van der Waals surface area contributed by atoms with Crippen LogP contribution in [0.5, 0.6) is 0 Å². The quantitative estimate of drug-likeness (QED) is 0.651. The van der Waals surface area contributed by atoms with Gasteiger partial charge in [-0.3, -0.25) is 9.89 Å². The summed E-state index contributed by atoms with van der Waals surface area (Å²) >= 11 is 1.29. The van der Waals surface area contributed by atoms with Crippen molar-refractivity contribution in [3.8, 4) is 11.4 Å². The van der Waals surface area contributed by atoms with Gasteiger partial charge in [0, 0.05) is 19.2 Å². The van der Waals surface area contributed by atoms with Crippen LogP contribution in [0.4, 0.5) is 4.39 Å². The molecule has 0 saturated carbocycles. The SMILES string of the molecule is Cc1ccc(-c2nc(SC(C)C(=O)N(C)Cc3cccc(F)c3)n[nH]2)cc1. The Kier molecular flexibility index (Phi) is 5.91. The minimum atomic E-state index is -0.356. The van der Waals surface area contributed by atoms with Crippen LogP contribution in [0.25, 0.3) is 11.4 Å². The molecule has 1 unspecified atom stereocenters. The largest absolute Gasteiger partial charge is 0.340 e. The highest BCUT2D eigenvalue weighted by Gasteiger charge is 2.21. The molecule has 27 heavy (non-hydrogen) atoms. The molecule has 140 valence electrons. The standard InChI is InChI=1S/C20H21FN4OS/c1-13-7-9-16(10-8-13)18-22-20(24-23-18)27-14(2)19(26)25(3)12-15-5-4-6-17(21)11-15/h4-11,14H,12H2,1-3H3,(H,22,23,24). The van der Waals surface area contributed by atoms with Crippen LogP contribution in [0.2, 0.25) is 0 Å².